The lowest BCUT2D eigenvalue weighted by Gasteiger charge is -2.57. The zero-order chi connectivity index (χ0) is 21.2. The predicted molar refractivity (Wildman–Crippen MR) is 113 cm³/mol. The second-order valence-corrected chi connectivity index (χ2v) is 11.5. The Labute approximate surface area is 170 Å². The van der Waals surface area contributed by atoms with E-state index in [9.17, 15) is 14.7 Å². The number of aliphatic hydroxyl groups excluding tert-OH is 1. The molecule has 0 unspecified atom stereocenters. The van der Waals surface area contributed by atoms with Crippen LogP contribution in [0.2, 0.25) is 0 Å². The Balaban J connectivity index is 2.02. The summed E-state index contributed by atoms with van der Waals surface area (Å²) < 4.78 is 0. The Kier molecular flexibility index (Phi) is 5.00. The fourth-order valence-corrected chi connectivity index (χ4v) is 6.02. The van der Waals surface area contributed by atoms with Crippen LogP contribution in [0.4, 0.5) is 0 Å². The molecule has 0 aromatic heterocycles. The molecule has 4 aliphatic rings. The topological polar surface area (TPSA) is 54.4 Å². The van der Waals surface area contributed by atoms with Crippen LogP contribution >= 0.6 is 0 Å². The maximum atomic E-state index is 13.4. The van der Waals surface area contributed by atoms with Crippen LogP contribution in [0.1, 0.15) is 81.1 Å². The Bertz CT molecular complexity index is 761. The van der Waals surface area contributed by atoms with E-state index in [0.29, 0.717) is 22.8 Å². The summed E-state index contributed by atoms with van der Waals surface area (Å²) in [5.41, 5.74) is 0.224. The van der Waals surface area contributed by atoms with E-state index < -0.39 is 10.8 Å². The van der Waals surface area contributed by atoms with Gasteiger partial charge < -0.3 is 5.11 Å². The molecule has 0 amide bonds. The van der Waals surface area contributed by atoms with E-state index in [4.69, 9.17) is 0 Å². The number of Topliss-reactive ketones (excluding diaryl/α,β-unsaturated/α-hetero) is 2. The summed E-state index contributed by atoms with van der Waals surface area (Å²) in [5, 5.41) is 11.1. The van der Waals surface area contributed by atoms with Gasteiger partial charge in [0.15, 0.2) is 11.6 Å². The van der Waals surface area contributed by atoms with Crippen molar-refractivity contribution in [1.82, 2.24) is 0 Å². The van der Waals surface area contributed by atoms with Gasteiger partial charge in [-0.3, -0.25) is 9.59 Å². The summed E-state index contributed by atoms with van der Waals surface area (Å²) in [7, 11) is 0. The summed E-state index contributed by atoms with van der Waals surface area (Å²) in [6.45, 7) is 16.0. The van der Waals surface area contributed by atoms with Gasteiger partial charge in [0.2, 0.25) is 0 Å². The molecule has 28 heavy (non-hydrogen) atoms. The van der Waals surface area contributed by atoms with Gasteiger partial charge in [0.1, 0.15) is 5.76 Å². The number of hydrogen-bond acceptors (Lipinski definition) is 3. The normalized spacial score (nSPS) is 31.5. The fourth-order valence-electron chi connectivity index (χ4n) is 6.02. The van der Waals surface area contributed by atoms with Crippen LogP contribution < -0.4 is 0 Å². The molecule has 4 aliphatic carbocycles. The maximum absolute atomic E-state index is 13.4. The van der Waals surface area contributed by atoms with Crippen molar-refractivity contribution in [3.63, 3.8) is 0 Å². The molecule has 3 heteroatoms. The molecule has 1 fully saturated rings. The SMILES string of the molecule is CC(C)C[C@@H](CC1=CC[C@H]2C[C@@H]1C2(C)C)C1=C(O)C(C)(C)C(=O)C(C)(C)C1=O. The van der Waals surface area contributed by atoms with Crippen LogP contribution in [0, 0.1) is 39.9 Å². The van der Waals surface area contributed by atoms with Crippen LogP contribution in [0.3, 0.4) is 0 Å². The molecule has 0 aromatic rings. The van der Waals surface area contributed by atoms with Crippen LogP contribution in [-0.2, 0) is 9.59 Å². The quantitative estimate of drug-likeness (QED) is 0.462. The highest BCUT2D eigenvalue weighted by Crippen LogP contribution is 2.60. The standard InChI is InChI=1S/C25H38O3/c1-14(2)11-16(12-15-9-10-17-13-18(15)23(17,3)4)19-20(26)24(5,6)22(28)25(7,8)21(19)27/h9,14,16-18,26H,10-13H2,1-8H3/t16-,17-,18-/m0/s1. The van der Waals surface area contributed by atoms with Gasteiger partial charge in [0.05, 0.1) is 10.8 Å². The Morgan fingerprint density at radius 1 is 1.07 bits per heavy atom. The molecular weight excluding hydrogens is 348 g/mol. The number of carbonyl (C=O) groups excluding carboxylic acids is 2. The highest BCUT2D eigenvalue weighted by Gasteiger charge is 2.55. The van der Waals surface area contributed by atoms with E-state index in [2.05, 4.69) is 33.8 Å². The summed E-state index contributed by atoms with van der Waals surface area (Å²) in [5.74, 6) is 1.40. The fraction of sp³-hybridized carbons (Fsp3) is 0.760. The molecule has 0 saturated heterocycles. The van der Waals surface area contributed by atoms with Gasteiger partial charge in [-0.25, -0.2) is 0 Å². The first-order valence-corrected chi connectivity index (χ1v) is 10.9. The number of carbonyl (C=O) groups is 2. The first kappa shape index (κ1) is 21.3. The Morgan fingerprint density at radius 3 is 2.18 bits per heavy atom. The van der Waals surface area contributed by atoms with Crippen LogP contribution in [0.5, 0.6) is 0 Å². The van der Waals surface area contributed by atoms with Gasteiger partial charge in [-0.15, -0.1) is 0 Å². The second-order valence-electron chi connectivity index (χ2n) is 11.5. The molecule has 1 N–H and O–H groups in total. The van der Waals surface area contributed by atoms with Crippen LogP contribution in [-0.4, -0.2) is 16.7 Å². The average molecular weight is 387 g/mol. The van der Waals surface area contributed by atoms with E-state index in [-0.39, 0.29) is 23.2 Å². The molecule has 3 nitrogen and oxygen atoms in total. The molecule has 0 aromatic carbocycles. The summed E-state index contributed by atoms with van der Waals surface area (Å²) in [6, 6.07) is 0. The smallest absolute Gasteiger partial charge is 0.175 e. The van der Waals surface area contributed by atoms with Gasteiger partial charge >= 0.3 is 0 Å². The zero-order valence-corrected chi connectivity index (χ0v) is 19.0. The molecule has 1 saturated carbocycles. The zero-order valence-electron chi connectivity index (χ0n) is 19.0. The van der Waals surface area contributed by atoms with E-state index in [1.165, 1.54) is 12.0 Å². The number of fused-ring (bicyclic) bond motifs is 1. The monoisotopic (exact) mass is 386 g/mol. The largest absolute Gasteiger partial charge is 0.511 e. The molecule has 0 spiro atoms. The molecule has 4 rings (SSSR count). The molecule has 0 radical (unpaired) electrons. The molecular formula is C25H38O3. The van der Waals surface area contributed by atoms with Crippen molar-refractivity contribution >= 4 is 11.6 Å². The highest BCUT2D eigenvalue weighted by molar-refractivity contribution is 6.19. The molecule has 2 bridgehead atoms. The van der Waals surface area contributed by atoms with Gasteiger partial charge in [-0.1, -0.05) is 39.3 Å². The minimum absolute atomic E-state index is 0.00892. The predicted octanol–water partition coefficient (Wildman–Crippen LogP) is 6.05. The number of aliphatic hydroxyl groups is 1. The van der Waals surface area contributed by atoms with Crippen molar-refractivity contribution in [1.29, 1.82) is 0 Å². The van der Waals surface area contributed by atoms with E-state index in [0.717, 1.165) is 25.2 Å². The van der Waals surface area contributed by atoms with Crippen molar-refractivity contribution in [3.8, 4) is 0 Å². The second kappa shape index (κ2) is 6.57. The first-order chi connectivity index (χ1) is 12.7. The first-order valence-electron chi connectivity index (χ1n) is 10.9. The molecule has 3 atom stereocenters. The Hall–Kier alpha value is -1.38. The number of hydrogen-bond donors (Lipinski definition) is 1. The number of rotatable bonds is 5. The lowest BCUT2D eigenvalue weighted by Crippen LogP contribution is -2.50. The molecule has 0 aliphatic heterocycles. The maximum Gasteiger partial charge on any atom is 0.175 e. The van der Waals surface area contributed by atoms with Gasteiger partial charge in [-0.2, -0.15) is 0 Å². The number of allylic oxidation sites excluding steroid dienone is 4. The minimum Gasteiger partial charge on any atom is -0.511 e. The molecule has 156 valence electrons. The summed E-state index contributed by atoms with van der Waals surface area (Å²) >= 11 is 0. The highest BCUT2D eigenvalue weighted by atomic mass is 16.3. The van der Waals surface area contributed by atoms with Crippen molar-refractivity contribution in [2.45, 2.75) is 81.1 Å². The third kappa shape index (κ3) is 3.00. The van der Waals surface area contributed by atoms with Gasteiger partial charge in [-0.05, 0) is 82.5 Å². The third-order valence-electron chi connectivity index (χ3n) is 8.02. The summed E-state index contributed by atoms with van der Waals surface area (Å²) in [6.07, 6.45) is 6.44. The lowest BCUT2D eigenvalue weighted by molar-refractivity contribution is -0.145. The van der Waals surface area contributed by atoms with Gasteiger partial charge in [0, 0.05) is 5.57 Å². The van der Waals surface area contributed by atoms with Crippen LogP contribution in [0.15, 0.2) is 23.0 Å². The number of ketones is 2. The van der Waals surface area contributed by atoms with E-state index in [1.807, 2.05) is 0 Å². The van der Waals surface area contributed by atoms with Crippen LogP contribution in [0.25, 0.3) is 0 Å². The Morgan fingerprint density at radius 2 is 1.68 bits per heavy atom. The van der Waals surface area contributed by atoms with E-state index in [1.54, 1.807) is 27.7 Å². The van der Waals surface area contributed by atoms with Crippen molar-refractivity contribution in [3.05, 3.63) is 23.0 Å². The third-order valence-corrected chi connectivity index (χ3v) is 8.02. The summed E-state index contributed by atoms with van der Waals surface area (Å²) in [4.78, 5) is 26.3. The lowest BCUT2D eigenvalue weighted by atomic mass is 9.48. The molecule has 0 heterocycles. The van der Waals surface area contributed by atoms with Crippen molar-refractivity contribution in [2.75, 3.05) is 0 Å². The van der Waals surface area contributed by atoms with Crippen molar-refractivity contribution in [2.24, 2.45) is 39.9 Å². The van der Waals surface area contributed by atoms with E-state index >= 15 is 0 Å². The van der Waals surface area contributed by atoms with Gasteiger partial charge in [0.25, 0.3) is 0 Å². The average Bonchev–Trinajstić information content (AvgIpc) is 2.59. The minimum atomic E-state index is -1.08. The van der Waals surface area contributed by atoms with Crippen molar-refractivity contribution < 1.29 is 14.7 Å².